The van der Waals surface area contributed by atoms with Gasteiger partial charge in [-0.15, -0.1) is 0 Å². The quantitative estimate of drug-likeness (QED) is 0.455. The van der Waals surface area contributed by atoms with Crippen LogP contribution < -0.4 is 4.74 Å². The van der Waals surface area contributed by atoms with Crippen LogP contribution in [0.4, 0.5) is 4.39 Å². The van der Waals surface area contributed by atoms with Crippen molar-refractivity contribution in [1.82, 2.24) is 9.88 Å². The number of carboxylic acid groups (broad SMARTS) is 1. The minimum absolute atomic E-state index is 0.0670. The SMILES string of the molecule is COc1ccc2nccc(C(F)CC[C@@H]3CCN(CCSC(C)(C)C)C[C@@H]3CC(=O)O)c2c1. The number of carboxylic acids is 1. The number of halogens is 1. The monoisotopic (exact) mass is 476 g/mol. The van der Waals surface area contributed by atoms with Gasteiger partial charge >= 0.3 is 5.97 Å². The smallest absolute Gasteiger partial charge is 0.303 e. The van der Waals surface area contributed by atoms with Crippen LogP contribution in [0.25, 0.3) is 10.9 Å². The molecule has 3 rings (SSSR count). The minimum atomic E-state index is -1.12. The molecule has 0 saturated carbocycles. The van der Waals surface area contributed by atoms with Gasteiger partial charge in [0.05, 0.1) is 12.6 Å². The highest BCUT2D eigenvalue weighted by Gasteiger charge is 2.31. The number of aliphatic carboxylic acids is 1. The Hall–Kier alpha value is -1.86. The van der Waals surface area contributed by atoms with E-state index in [1.165, 1.54) is 0 Å². The first-order valence-electron chi connectivity index (χ1n) is 11.8. The van der Waals surface area contributed by atoms with Gasteiger partial charge in [0.15, 0.2) is 0 Å². The van der Waals surface area contributed by atoms with Crippen LogP contribution in [-0.2, 0) is 4.79 Å². The molecule has 0 amide bonds. The van der Waals surface area contributed by atoms with Crippen LogP contribution in [0.2, 0.25) is 0 Å². The Morgan fingerprint density at radius 2 is 2.12 bits per heavy atom. The molecule has 1 aromatic heterocycles. The summed E-state index contributed by atoms with van der Waals surface area (Å²) in [6.45, 7) is 9.36. The van der Waals surface area contributed by atoms with Crippen molar-refractivity contribution in [2.75, 3.05) is 32.5 Å². The van der Waals surface area contributed by atoms with E-state index in [1.807, 2.05) is 30.0 Å². The molecule has 0 aliphatic carbocycles. The number of rotatable bonds is 10. The lowest BCUT2D eigenvalue weighted by Crippen LogP contribution is -2.42. The first-order valence-corrected chi connectivity index (χ1v) is 12.8. The van der Waals surface area contributed by atoms with E-state index in [-0.39, 0.29) is 23.0 Å². The number of hydrogen-bond acceptors (Lipinski definition) is 5. The Morgan fingerprint density at radius 1 is 1.33 bits per heavy atom. The molecule has 1 aliphatic heterocycles. The molecular formula is C26H37FN2O3S. The average molecular weight is 477 g/mol. The number of pyridine rings is 1. The first-order chi connectivity index (χ1) is 15.7. The fraction of sp³-hybridized carbons (Fsp3) is 0.615. The fourth-order valence-electron chi connectivity index (χ4n) is 4.74. The Morgan fingerprint density at radius 3 is 2.82 bits per heavy atom. The van der Waals surface area contributed by atoms with Gasteiger partial charge in [0.1, 0.15) is 11.9 Å². The van der Waals surface area contributed by atoms with Gasteiger partial charge in [-0.2, -0.15) is 11.8 Å². The van der Waals surface area contributed by atoms with Crippen molar-refractivity contribution < 1.29 is 19.0 Å². The van der Waals surface area contributed by atoms with Gasteiger partial charge in [-0.25, -0.2) is 4.39 Å². The van der Waals surface area contributed by atoms with Crippen molar-refractivity contribution in [3.63, 3.8) is 0 Å². The minimum Gasteiger partial charge on any atom is -0.497 e. The second-order valence-electron chi connectivity index (χ2n) is 10.00. The van der Waals surface area contributed by atoms with E-state index in [9.17, 15) is 9.90 Å². The number of alkyl halides is 1. The molecule has 0 spiro atoms. The van der Waals surface area contributed by atoms with Crippen molar-refractivity contribution in [2.45, 2.75) is 57.4 Å². The van der Waals surface area contributed by atoms with Crippen molar-refractivity contribution in [1.29, 1.82) is 0 Å². The van der Waals surface area contributed by atoms with E-state index in [1.54, 1.807) is 19.4 Å². The lowest BCUT2D eigenvalue weighted by atomic mass is 9.79. The molecule has 1 saturated heterocycles. The van der Waals surface area contributed by atoms with E-state index in [4.69, 9.17) is 4.74 Å². The molecule has 1 aliphatic rings. The van der Waals surface area contributed by atoms with Gasteiger partial charge < -0.3 is 14.7 Å². The van der Waals surface area contributed by atoms with E-state index in [0.717, 1.165) is 42.7 Å². The van der Waals surface area contributed by atoms with Gasteiger partial charge in [0, 0.05) is 41.6 Å². The average Bonchev–Trinajstić information content (AvgIpc) is 2.76. The highest BCUT2D eigenvalue weighted by molar-refractivity contribution is 8.00. The zero-order valence-electron chi connectivity index (χ0n) is 20.2. The third kappa shape index (κ3) is 7.57. The molecule has 2 aromatic rings. The van der Waals surface area contributed by atoms with Gasteiger partial charge in [0.25, 0.3) is 0 Å². The highest BCUT2D eigenvalue weighted by atomic mass is 32.2. The molecule has 3 atom stereocenters. The Balaban J connectivity index is 1.62. The summed E-state index contributed by atoms with van der Waals surface area (Å²) in [5.74, 6) is 1.26. The van der Waals surface area contributed by atoms with E-state index < -0.39 is 12.1 Å². The summed E-state index contributed by atoms with van der Waals surface area (Å²) in [6, 6.07) is 7.26. The molecular weight excluding hydrogens is 439 g/mol. The molecule has 1 unspecified atom stereocenters. The zero-order valence-corrected chi connectivity index (χ0v) is 21.0. The van der Waals surface area contributed by atoms with Crippen molar-refractivity contribution in [2.24, 2.45) is 11.8 Å². The van der Waals surface area contributed by atoms with Crippen LogP contribution >= 0.6 is 11.8 Å². The summed E-state index contributed by atoms with van der Waals surface area (Å²) in [4.78, 5) is 18.3. The number of hydrogen-bond donors (Lipinski definition) is 1. The first kappa shape index (κ1) is 25.8. The van der Waals surface area contributed by atoms with Crippen LogP contribution in [0.15, 0.2) is 30.5 Å². The molecule has 0 bridgehead atoms. The van der Waals surface area contributed by atoms with Gasteiger partial charge in [-0.3, -0.25) is 9.78 Å². The van der Waals surface area contributed by atoms with E-state index >= 15 is 4.39 Å². The molecule has 2 heterocycles. The Labute approximate surface area is 201 Å². The number of methoxy groups -OCH3 is 1. The zero-order chi connectivity index (χ0) is 24.0. The predicted molar refractivity (Wildman–Crippen MR) is 134 cm³/mol. The van der Waals surface area contributed by atoms with Crippen molar-refractivity contribution in [3.8, 4) is 5.75 Å². The molecule has 1 N–H and O–H groups in total. The summed E-state index contributed by atoms with van der Waals surface area (Å²) in [5.41, 5.74) is 1.38. The number of thioether (sulfide) groups is 1. The fourth-order valence-corrected chi connectivity index (χ4v) is 5.70. The van der Waals surface area contributed by atoms with Crippen LogP contribution in [0.3, 0.4) is 0 Å². The number of nitrogens with zero attached hydrogens (tertiary/aromatic N) is 2. The van der Waals surface area contributed by atoms with Crippen LogP contribution in [-0.4, -0.2) is 58.2 Å². The van der Waals surface area contributed by atoms with Crippen LogP contribution in [0.1, 0.15) is 58.2 Å². The maximum Gasteiger partial charge on any atom is 0.303 e. The second-order valence-corrected chi connectivity index (χ2v) is 11.9. The molecule has 1 aromatic carbocycles. The van der Waals surface area contributed by atoms with E-state index in [0.29, 0.717) is 24.2 Å². The number of aromatic nitrogens is 1. The Bertz CT molecular complexity index is 933. The summed E-state index contributed by atoms with van der Waals surface area (Å²) in [5, 5.41) is 10.2. The Kier molecular flexibility index (Phi) is 8.99. The van der Waals surface area contributed by atoms with Crippen LogP contribution in [0, 0.1) is 11.8 Å². The van der Waals surface area contributed by atoms with Gasteiger partial charge in [0.2, 0.25) is 0 Å². The summed E-state index contributed by atoms with van der Waals surface area (Å²) >= 11 is 1.94. The number of benzene rings is 1. The third-order valence-electron chi connectivity index (χ3n) is 6.47. The lowest BCUT2D eigenvalue weighted by molar-refractivity contribution is -0.139. The van der Waals surface area contributed by atoms with E-state index in [2.05, 4.69) is 30.7 Å². The molecule has 0 radical (unpaired) electrons. The maximum atomic E-state index is 15.4. The van der Waals surface area contributed by atoms with Gasteiger partial charge in [-0.05, 0) is 67.5 Å². The number of carbonyl (C=O) groups is 1. The highest BCUT2D eigenvalue weighted by Crippen LogP contribution is 2.36. The predicted octanol–water partition coefficient (Wildman–Crippen LogP) is 5.98. The van der Waals surface area contributed by atoms with Crippen molar-refractivity contribution >= 4 is 28.6 Å². The lowest BCUT2D eigenvalue weighted by Gasteiger charge is -2.38. The molecule has 7 heteroatoms. The molecule has 1 fully saturated rings. The van der Waals surface area contributed by atoms with Gasteiger partial charge in [-0.1, -0.05) is 20.8 Å². The molecule has 33 heavy (non-hydrogen) atoms. The number of piperidine rings is 1. The summed E-state index contributed by atoms with van der Waals surface area (Å²) < 4.78 is 20.9. The summed E-state index contributed by atoms with van der Waals surface area (Å²) in [6.07, 6.45) is 2.69. The third-order valence-corrected chi connectivity index (χ3v) is 7.72. The summed E-state index contributed by atoms with van der Waals surface area (Å²) in [7, 11) is 1.60. The standard InChI is InChI=1S/C26H37FN2O3S/c1-26(2,3)33-14-13-29-12-10-18(19(17-29)15-25(30)31)5-7-23(27)21-9-11-28-24-8-6-20(32-4)16-22(21)24/h6,8-9,11,16,18-19,23H,5,7,10,12-15,17H2,1-4H3,(H,30,31)/t18-,19+,23?/m1/s1. The maximum absolute atomic E-state index is 15.4. The van der Waals surface area contributed by atoms with Crippen LogP contribution in [0.5, 0.6) is 5.75 Å². The number of ether oxygens (including phenoxy) is 1. The normalized spacial score (nSPS) is 20.6. The number of fused-ring (bicyclic) bond motifs is 1. The molecule has 5 nitrogen and oxygen atoms in total. The number of likely N-dealkylation sites (tertiary alicyclic amines) is 1. The topological polar surface area (TPSA) is 62.7 Å². The van der Waals surface area contributed by atoms with Crippen molar-refractivity contribution in [3.05, 3.63) is 36.0 Å². The largest absolute Gasteiger partial charge is 0.497 e. The second kappa shape index (κ2) is 11.5. The molecule has 182 valence electrons.